The summed E-state index contributed by atoms with van der Waals surface area (Å²) in [7, 11) is 2.52. The van der Waals surface area contributed by atoms with E-state index in [9.17, 15) is 39.6 Å². The minimum Gasteiger partial charge on any atom is -0.466 e. The van der Waals surface area contributed by atoms with Crippen LogP contribution in [0.15, 0.2) is 35.5 Å². The number of cyclic esters (lactones) is 1. The van der Waals surface area contributed by atoms with E-state index in [0.29, 0.717) is 11.1 Å². The average Bonchev–Trinajstić information content (AvgIpc) is 3.08. The van der Waals surface area contributed by atoms with E-state index in [1.54, 1.807) is 39.8 Å². The van der Waals surface area contributed by atoms with Gasteiger partial charge in [0, 0.05) is 56.1 Å². The highest BCUT2D eigenvalue weighted by Crippen LogP contribution is 2.50. The lowest BCUT2D eigenvalue weighted by Crippen LogP contribution is -2.62. The highest BCUT2D eigenvalue weighted by atomic mass is 16.6. The Morgan fingerprint density at radius 3 is 2.09 bits per heavy atom. The van der Waals surface area contributed by atoms with Gasteiger partial charge in [-0.3, -0.25) is 9.59 Å². The molecule has 4 N–H and O–H groups in total. The number of ether oxygens (including phenoxy) is 7. The first-order valence-corrected chi connectivity index (χ1v) is 19.9. The van der Waals surface area contributed by atoms with E-state index in [0.717, 1.165) is 0 Å². The summed E-state index contributed by atoms with van der Waals surface area (Å²) in [5.74, 6) is -6.35. The van der Waals surface area contributed by atoms with Gasteiger partial charge < -0.3 is 53.6 Å². The summed E-state index contributed by atoms with van der Waals surface area (Å²) in [6.07, 6.45) is -1.37. The number of hydrogen-bond donors (Lipinski definition) is 4. The zero-order chi connectivity index (χ0) is 42.5. The van der Waals surface area contributed by atoms with E-state index in [2.05, 4.69) is 0 Å². The van der Waals surface area contributed by atoms with E-state index in [1.165, 1.54) is 33.3 Å². The number of aliphatic hydroxyl groups is 4. The molecule has 3 fully saturated rings. The van der Waals surface area contributed by atoms with Crippen LogP contribution in [0.5, 0.6) is 0 Å². The molecular formula is C42H64O15. The highest BCUT2D eigenvalue weighted by Gasteiger charge is 2.58. The van der Waals surface area contributed by atoms with Crippen molar-refractivity contribution in [3.8, 4) is 0 Å². The van der Waals surface area contributed by atoms with Gasteiger partial charge in [-0.15, -0.1) is 0 Å². The minimum atomic E-state index is -1.99. The molecule has 15 heteroatoms. The van der Waals surface area contributed by atoms with Crippen LogP contribution in [0.3, 0.4) is 0 Å². The van der Waals surface area contributed by atoms with E-state index in [1.807, 2.05) is 13.8 Å². The van der Waals surface area contributed by atoms with E-state index in [4.69, 9.17) is 33.2 Å². The molecule has 322 valence electrons. The van der Waals surface area contributed by atoms with Crippen molar-refractivity contribution in [3.63, 3.8) is 0 Å². The van der Waals surface area contributed by atoms with Crippen LogP contribution in [0, 0.1) is 16.7 Å². The molecular weight excluding hydrogens is 744 g/mol. The number of methoxy groups -OCH3 is 2. The first-order chi connectivity index (χ1) is 26.5. The molecule has 15 nitrogen and oxygen atoms in total. The predicted octanol–water partition coefficient (Wildman–Crippen LogP) is 3.87. The maximum absolute atomic E-state index is 13.3. The van der Waals surface area contributed by atoms with Gasteiger partial charge in [-0.25, -0.2) is 9.59 Å². The van der Waals surface area contributed by atoms with E-state index < -0.39 is 102 Å². The quantitative estimate of drug-likeness (QED) is 0.130. The van der Waals surface area contributed by atoms with Gasteiger partial charge in [0.2, 0.25) is 0 Å². The number of rotatable bonds is 6. The Hall–Kier alpha value is -3.18. The largest absolute Gasteiger partial charge is 0.466 e. The minimum absolute atomic E-state index is 0.0182. The van der Waals surface area contributed by atoms with Crippen molar-refractivity contribution >= 4 is 23.9 Å². The summed E-state index contributed by atoms with van der Waals surface area (Å²) < 4.78 is 40.8. The van der Waals surface area contributed by atoms with E-state index in [-0.39, 0.29) is 63.7 Å². The van der Waals surface area contributed by atoms with Gasteiger partial charge >= 0.3 is 23.9 Å². The molecule has 4 aliphatic heterocycles. The van der Waals surface area contributed by atoms with Crippen molar-refractivity contribution in [1.29, 1.82) is 0 Å². The lowest BCUT2D eigenvalue weighted by atomic mass is 9.70. The molecule has 4 aliphatic rings. The first-order valence-electron chi connectivity index (χ1n) is 19.9. The summed E-state index contributed by atoms with van der Waals surface area (Å²) in [5.41, 5.74) is -1.16. The molecule has 0 spiro atoms. The number of aliphatic hydroxyl groups excluding tert-OH is 2. The fraction of sp³-hybridized carbons (Fsp3) is 0.762. The zero-order valence-corrected chi connectivity index (χ0v) is 34.9. The van der Waals surface area contributed by atoms with Gasteiger partial charge in [0.15, 0.2) is 11.6 Å². The summed E-state index contributed by atoms with van der Waals surface area (Å²) in [5, 5.41) is 46.7. The maximum atomic E-state index is 13.3. The summed E-state index contributed by atoms with van der Waals surface area (Å²) in [4.78, 5) is 51.2. The molecule has 3 saturated heterocycles. The van der Waals surface area contributed by atoms with E-state index >= 15 is 0 Å². The standard InChI is InChI=1S/C42H64O15/c1-24(2)12-37(47)55-34-21-31-18-28(44)19-38(48)54-33(25(3)43)20-30-15-27(17-36(46)52-9)22-41(49,56-30)39(4,5)11-10-29-13-26(16-35(45)51-8)14-32(53-29)23-42(50,57-31)40(34,6)7/h10-11,16-17,24-25,28-34,43-44,49-50H,12-15,18-23H2,1-9H3/b11-10+,26-16+,27-17+/t25-,28-,29+,30?,31-,32+,33-,34+,41?,42+/m1/s1. The fourth-order valence-electron chi connectivity index (χ4n) is 8.07. The van der Waals surface area contributed by atoms with Crippen LogP contribution in [0.2, 0.25) is 0 Å². The zero-order valence-electron chi connectivity index (χ0n) is 34.9. The van der Waals surface area contributed by atoms with Crippen molar-refractivity contribution < 1.29 is 72.8 Å². The summed E-state index contributed by atoms with van der Waals surface area (Å²) in [6.45, 7) is 12.2. The van der Waals surface area contributed by atoms with Crippen LogP contribution in [0.4, 0.5) is 0 Å². The van der Waals surface area contributed by atoms with Crippen molar-refractivity contribution in [2.24, 2.45) is 16.7 Å². The van der Waals surface area contributed by atoms with Crippen molar-refractivity contribution in [3.05, 3.63) is 35.5 Å². The van der Waals surface area contributed by atoms with Crippen molar-refractivity contribution in [2.75, 3.05) is 14.2 Å². The normalized spacial score (nSPS) is 37.4. The second-order valence-electron chi connectivity index (χ2n) is 17.7. The molecule has 0 aromatic heterocycles. The molecule has 0 aromatic carbocycles. The number of esters is 4. The van der Waals surface area contributed by atoms with Gasteiger partial charge in [0.1, 0.15) is 12.2 Å². The molecule has 4 rings (SSSR count). The molecule has 4 heterocycles. The maximum Gasteiger partial charge on any atom is 0.330 e. The average molecular weight is 809 g/mol. The molecule has 0 aliphatic carbocycles. The Labute approximate surface area is 335 Å². The monoisotopic (exact) mass is 808 g/mol. The Morgan fingerprint density at radius 2 is 1.47 bits per heavy atom. The summed E-state index contributed by atoms with van der Waals surface area (Å²) in [6, 6.07) is 0. The van der Waals surface area contributed by atoms with Gasteiger partial charge in [-0.1, -0.05) is 64.8 Å². The number of carbonyl (C=O) groups excluding carboxylic acids is 4. The lowest BCUT2D eigenvalue weighted by molar-refractivity contribution is -0.348. The van der Waals surface area contributed by atoms with Gasteiger partial charge in [0.25, 0.3) is 0 Å². The molecule has 0 amide bonds. The SMILES string of the molecule is COC(=O)/C=C1/C[C@H]2C[C@]3(O)O[C@H](C[C@@H](O)CC(=O)O[C@@H]([C@@H](C)O)CC4C/C(=C\C(=O)OC)CC(O)(O4)C(C)(C)/C=C/[C@@H](C1)O2)C[C@H](OC(=O)CC(C)C)C3(C)C. The third kappa shape index (κ3) is 12.0. The van der Waals surface area contributed by atoms with Gasteiger partial charge in [-0.05, 0) is 32.1 Å². The molecule has 10 atom stereocenters. The molecule has 0 saturated carbocycles. The van der Waals surface area contributed by atoms with Crippen molar-refractivity contribution in [1.82, 2.24) is 0 Å². The van der Waals surface area contributed by atoms with Crippen LogP contribution < -0.4 is 0 Å². The van der Waals surface area contributed by atoms with Crippen LogP contribution >= 0.6 is 0 Å². The van der Waals surface area contributed by atoms with Crippen LogP contribution in [-0.2, 0) is 52.3 Å². The third-order valence-corrected chi connectivity index (χ3v) is 11.7. The lowest BCUT2D eigenvalue weighted by Gasteiger charge is -2.53. The van der Waals surface area contributed by atoms with Crippen molar-refractivity contribution in [2.45, 2.75) is 173 Å². The summed E-state index contributed by atoms with van der Waals surface area (Å²) >= 11 is 0. The molecule has 0 aromatic rings. The molecule has 57 heavy (non-hydrogen) atoms. The molecule has 6 bridgehead atoms. The molecule has 0 radical (unpaired) electrons. The Kier molecular flexibility index (Phi) is 15.4. The topological polar surface area (TPSA) is 214 Å². The van der Waals surface area contributed by atoms with Crippen LogP contribution in [0.25, 0.3) is 0 Å². The molecule has 2 unspecified atom stereocenters. The smallest absolute Gasteiger partial charge is 0.330 e. The first kappa shape index (κ1) is 46.5. The number of fused-ring (bicyclic) bond motifs is 6. The fourth-order valence-corrected chi connectivity index (χ4v) is 8.07. The van der Waals surface area contributed by atoms with Crippen LogP contribution in [0.1, 0.15) is 113 Å². The Morgan fingerprint density at radius 1 is 0.860 bits per heavy atom. The Balaban J connectivity index is 1.80. The second kappa shape index (κ2) is 18.8. The number of hydrogen-bond acceptors (Lipinski definition) is 15. The predicted molar refractivity (Wildman–Crippen MR) is 204 cm³/mol. The Bertz CT molecular complexity index is 1540. The third-order valence-electron chi connectivity index (χ3n) is 11.7. The highest BCUT2D eigenvalue weighted by molar-refractivity contribution is 5.83. The number of carbonyl (C=O) groups is 4. The van der Waals surface area contributed by atoms with Crippen LogP contribution in [-0.4, -0.2) is 119 Å². The van der Waals surface area contributed by atoms with Gasteiger partial charge in [-0.2, -0.15) is 0 Å². The van der Waals surface area contributed by atoms with Gasteiger partial charge in [0.05, 0.1) is 62.7 Å². The second-order valence-corrected chi connectivity index (χ2v) is 17.7.